The molecule has 0 fully saturated rings. The fourth-order valence-corrected chi connectivity index (χ4v) is 1.26. The summed E-state index contributed by atoms with van der Waals surface area (Å²) >= 11 is 0. The van der Waals surface area contributed by atoms with Crippen LogP contribution in [-0.4, -0.2) is 6.29 Å². The summed E-state index contributed by atoms with van der Waals surface area (Å²) in [6, 6.07) is -1.72. The highest BCUT2D eigenvalue weighted by Crippen LogP contribution is 2.11. The summed E-state index contributed by atoms with van der Waals surface area (Å²) < 4.78 is 38.2. The third-order valence-electron chi connectivity index (χ3n) is 2.07. The van der Waals surface area contributed by atoms with E-state index in [2.05, 4.69) is 6.92 Å². The molecule has 1 aromatic carbocycles. The average molecular weight is 207 g/mol. The predicted molar refractivity (Wildman–Crippen MR) is 64.6 cm³/mol. The lowest BCUT2D eigenvalue weighted by Gasteiger charge is -1.99. The van der Waals surface area contributed by atoms with Gasteiger partial charge in [0, 0.05) is 0 Å². The Hall–Kier alpha value is -1.37. The van der Waals surface area contributed by atoms with Crippen LogP contribution < -0.4 is 0 Å². The number of benzene rings is 1. The molecule has 0 bridgehead atoms. The molecule has 0 saturated carbocycles. The van der Waals surface area contributed by atoms with Gasteiger partial charge in [0.2, 0.25) is 0 Å². The molecule has 1 heteroatoms. The quantitative estimate of drug-likeness (QED) is 0.393. The van der Waals surface area contributed by atoms with E-state index in [9.17, 15) is 4.79 Å². The Labute approximate surface area is 98.8 Å². The van der Waals surface area contributed by atoms with Gasteiger partial charge in [-0.05, 0) is 30.1 Å². The standard InChI is InChI=1S/C14H18O/c1-2-3-5-10-14(12-15)11-13-8-6-4-7-9-13/h4,6-9,11-12H,2-3,5,10H2,1H3/b14-11+/i4D,6D,7D,8D,9D. The van der Waals surface area contributed by atoms with E-state index >= 15 is 0 Å². The van der Waals surface area contributed by atoms with Gasteiger partial charge in [0.25, 0.3) is 0 Å². The van der Waals surface area contributed by atoms with Gasteiger partial charge in [-0.2, -0.15) is 0 Å². The number of hydrogen-bond donors (Lipinski definition) is 0. The normalized spacial score (nSPS) is 16.1. The Bertz CT molecular complexity index is 508. The summed E-state index contributed by atoms with van der Waals surface area (Å²) in [6.45, 7) is 2.06. The topological polar surface area (TPSA) is 17.1 Å². The van der Waals surface area contributed by atoms with Crippen LogP contribution in [0, 0.1) is 0 Å². The minimum absolute atomic E-state index is 0.0783. The summed E-state index contributed by atoms with van der Waals surface area (Å²) in [5, 5.41) is 0. The molecule has 1 nitrogen and oxygen atoms in total. The number of aldehydes is 1. The Morgan fingerprint density at radius 2 is 2.07 bits per heavy atom. The number of hydrogen-bond acceptors (Lipinski definition) is 1. The van der Waals surface area contributed by atoms with Crippen molar-refractivity contribution in [3.63, 3.8) is 0 Å². The molecular formula is C14H18O. The second-order valence-corrected chi connectivity index (χ2v) is 3.33. The van der Waals surface area contributed by atoms with Crippen molar-refractivity contribution in [3.05, 3.63) is 41.3 Å². The summed E-state index contributed by atoms with van der Waals surface area (Å²) in [5.41, 5.74) is 0.534. The lowest BCUT2D eigenvalue weighted by atomic mass is 10.1. The molecule has 0 aliphatic carbocycles. The van der Waals surface area contributed by atoms with Crippen LogP contribution in [0.2, 0.25) is 0 Å². The second kappa shape index (κ2) is 6.99. The largest absolute Gasteiger partial charge is 0.298 e. The highest BCUT2D eigenvalue weighted by atomic mass is 16.1. The molecule has 0 aliphatic heterocycles. The van der Waals surface area contributed by atoms with Gasteiger partial charge in [0.15, 0.2) is 0 Å². The van der Waals surface area contributed by atoms with E-state index < -0.39 is 6.04 Å². The summed E-state index contributed by atoms with van der Waals surface area (Å²) in [6.07, 6.45) is 5.52. The van der Waals surface area contributed by atoms with Crippen molar-refractivity contribution < 1.29 is 11.6 Å². The minimum atomic E-state index is -0.421. The number of carbonyl (C=O) groups excluding carboxylic acids is 1. The van der Waals surface area contributed by atoms with Crippen molar-refractivity contribution in [2.24, 2.45) is 0 Å². The zero-order valence-electron chi connectivity index (χ0n) is 13.9. The minimum Gasteiger partial charge on any atom is -0.298 e. The van der Waals surface area contributed by atoms with Gasteiger partial charge in [0.1, 0.15) is 6.29 Å². The van der Waals surface area contributed by atoms with E-state index in [4.69, 9.17) is 6.85 Å². The average Bonchev–Trinajstić information content (AvgIpc) is 2.45. The van der Waals surface area contributed by atoms with E-state index in [1.807, 2.05) is 0 Å². The smallest absolute Gasteiger partial charge is 0.146 e. The van der Waals surface area contributed by atoms with Crippen molar-refractivity contribution in [2.75, 3.05) is 0 Å². The number of carbonyl (C=O) groups is 1. The fraction of sp³-hybridized carbons (Fsp3) is 0.357. The van der Waals surface area contributed by atoms with Crippen LogP contribution in [0.4, 0.5) is 0 Å². The van der Waals surface area contributed by atoms with Crippen LogP contribution in [0.5, 0.6) is 0 Å². The maximum absolute atomic E-state index is 11.0. The molecule has 80 valence electrons. The van der Waals surface area contributed by atoms with E-state index in [-0.39, 0.29) is 29.7 Å². The zero-order valence-corrected chi connectivity index (χ0v) is 8.89. The van der Waals surface area contributed by atoms with E-state index in [0.29, 0.717) is 18.3 Å². The SMILES string of the molecule is [2H]c1c([2H])c([2H])c(/C=C(/C=O)CCCCC)c([2H])c1[2H]. The first-order valence-corrected chi connectivity index (χ1v) is 5.16. The third kappa shape index (κ3) is 4.59. The zero-order chi connectivity index (χ0) is 15.3. The molecule has 0 aliphatic rings. The van der Waals surface area contributed by atoms with Crippen molar-refractivity contribution in [2.45, 2.75) is 32.6 Å². The molecule has 0 N–H and O–H groups in total. The second-order valence-electron chi connectivity index (χ2n) is 3.33. The van der Waals surface area contributed by atoms with E-state index in [0.717, 1.165) is 19.3 Å². The highest BCUT2D eigenvalue weighted by Gasteiger charge is 1.95. The van der Waals surface area contributed by atoms with Gasteiger partial charge in [-0.3, -0.25) is 4.79 Å². The Kier molecular flexibility index (Phi) is 2.92. The van der Waals surface area contributed by atoms with Crippen LogP contribution >= 0.6 is 0 Å². The maximum atomic E-state index is 11.0. The van der Waals surface area contributed by atoms with E-state index in [1.165, 1.54) is 6.08 Å². The van der Waals surface area contributed by atoms with Gasteiger partial charge in [0.05, 0.1) is 6.85 Å². The maximum Gasteiger partial charge on any atom is 0.146 e. The third-order valence-corrected chi connectivity index (χ3v) is 2.07. The summed E-state index contributed by atoms with van der Waals surface area (Å²) in [5.74, 6) is 0. The number of rotatable bonds is 6. The van der Waals surface area contributed by atoms with Crippen molar-refractivity contribution >= 4 is 12.4 Å². The van der Waals surface area contributed by atoms with Crippen LogP contribution in [0.1, 0.15) is 45.0 Å². The van der Waals surface area contributed by atoms with Crippen LogP contribution in [-0.2, 0) is 4.79 Å². The first kappa shape index (κ1) is 6.26. The molecule has 0 spiro atoms. The molecule has 0 heterocycles. The Balaban J connectivity index is 3.21. The van der Waals surface area contributed by atoms with Crippen molar-refractivity contribution in [1.29, 1.82) is 0 Å². The van der Waals surface area contributed by atoms with Crippen molar-refractivity contribution in [1.82, 2.24) is 0 Å². The fourth-order valence-electron chi connectivity index (χ4n) is 1.26. The number of allylic oxidation sites excluding steroid dienone is 1. The summed E-state index contributed by atoms with van der Waals surface area (Å²) in [4.78, 5) is 11.0. The molecule has 1 rings (SSSR count). The number of unbranched alkanes of at least 4 members (excludes halogenated alkanes) is 2. The van der Waals surface area contributed by atoms with Gasteiger partial charge in [-0.1, -0.05) is 50.0 Å². The van der Waals surface area contributed by atoms with Gasteiger partial charge >= 0.3 is 0 Å². The molecule has 0 aromatic heterocycles. The van der Waals surface area contributed by atoms with E-state index in [1.54, 1.807) is 0 Å². The Morgan fingerprint density at radius 3 is 2.67 bits per heavy atom. The molecule has 0 radical (unpaired) electrons. The van der Waals surface area contributed by atoms with Gasteiger partial charge in [-0.25, -0.2) is 0 Å². The van der Waals surface area contributed by atoms with Gasteiger partial charge < -0.3 is 0 Å². The van der Waals surface area contributed by atoms with Gasteiger partial charge in [-0.15, -0.1) is 0 Å². The monoisotopic (exact) mass is 207 g/mol. The van der Waals surface area contributed by atoms with Crippen LogP contribution in [0.25, 0.3) is 6.08 Å². The summed E-state index contributed by atoms with van der Waals surface area (Å²) in [7, 11) is 0. The molecular weight excluding hydrogens is 184 g/mol. The highest BCUT2D eigenvalue weighted by molar-refractivity contribution is 5.81. The first-order chi connectivity index (χ1) is 9.43. The van der Waals surface area contributed by atoms with Crippen molar-refractivity contribution in [3.8, 4) is 0 Å². The lowest BCUT2D eigenvalue weighted by molar-refractivity contribution is -0.105. The molecule has 15 heavy (non-hydrogen) atoms. The molecule has 0 saturated heterocycles. The molecule has 0 unspecified atom stereocenters. The molecule has 0 atom stereocenters. The van der Waals surface area contributed by atoms with Crippen LogP contribution in [0.15, 0.2) is 35.8 Å². The first-order valence-electron chi connectivity index (χ1n) is 7.66. The lowest BCUT2D eigenvalue weighted by Crippen LogP contribution is -1.86. The van der Waals surface area contributed by atoms with Crippen LogP contribution in [0.3, 0.4) is 0 Å². The molecule has 0 amide bonds. The Morgan fingerprint density at radius 1 is 1.33 bits per heavy atom. The predicted octanol–water partition coefficient (Wildman–Crippen LogP) is 3.85. The molecule has 1 aromatic rings.